The van der Waals surface area contributed by atoms with E-state index < -0.39 is 0 Å². The fourth-order valence-corrected chi connectivity index (χ4v) is 9.69. The van der Waals surface area contributed by atoms with Gasteiger partial charge in [-0.3, -0.25) is 19.6 Å². The summed E-state index contributed by atoms with van der Waals surface area (Å²) in [6.07, 6.45) is 6.04. The number of pyridine rings is 2. The van der Waals surface area contributed by atoms with E-state index in [0.717, 1.165) is 107 Å². The van der Waals surface area contributed by atoms with Crippen LogP contribution < -0.4 is 9.47 Å². The number of carbonyl (C=O) groups is 2. The summed E-state index contributed by atoms with van der Waals surface area (Å²) >= 11 is 0. The van der Waals surface area contributed by atoms with Crippen LogP contribution in [0.15, 0.2) is 110 Å². The minimum atomic E-state index is -0.0817. The minimum Gasteiger partial charge on any atom is -0.497 e. The van der Waals surface area contributed by atoms with Crippen LogP contribution >= 0.6 is 0 Å². The first-order valence-corrected chi connectivity index (χ1v) is 21.1. The number of nitrogens with one attached hydrogen (secondary N) is 1. The number of methoxy groups -OCH3 is 2. The summed E-state index contributed by atoms with van der Waals surface area (Å²) in [5.74, 6) is 2.08. The lowest BCUT2D eigenvalue weighted by Gasteiger charge is -2.30. The molecule has 0 unspecified atom stereocenters. The molecule has 0 spiro atoms. The average Bonchev–Trinajstić information content (AvgIpc) is 3.77. The number of H-pyrrole nitrogens is 1. The van der Waals surface area contributed by atoms with E-state index in [1.54, 1.807) is 14.2 Å². The third-order valence-corrected chi connectivity index (χ3v) is 12.4. The van der Waals surface area contributed by atoms with Crippen LogP contribution in [-0.2, 0) is 32.2 Å². The number of Topliss-reactive ketones (excluding diaryl/α,β-unsaturated/α-hetero) is 2. The normalized spacial score (nSPS) is 15.4. The van der Waals surface area contributed by atoms with Crippen LogP contribution in [0.3, 0.4) is 0 Å². The van der Waals surface area contributed by atoms with Gasteiger partial charge in [-0.05, 0) is 71.2 Å². The lowest BCUT2D eigenvalue weighted by Crippen LogP contribution is -2.28. The quantitative estimate of drug-likeness (QED) is 0.154. The zero-order valence-electron chi connectivity index (χ0n) is 35.9. The minimum absolute atomic E-state index is 0.0613. The number of para-hydroxylation sites is 2. The highest BCUT2D eigenvalue weighted by molar-refractivity contribution is 6.21. The molecule has 4 aromatic heterocycles. The van der Waals surface area contributed by atoms with E-state index in [0.29, 0.717) is 32.2 Å². The highest BCUT2D eigenvalue weighted by Crippen LogP contribution is 2.43. The van der Waals surface area contributed by atoms with Crippen LogP contribution in [0, 0.1) is 10.8 Å². The predicted octanol–water partition coefficient (Wildman–Crippen LogP) is 11.6. The molecule has 61 heavy (non-hydrogen) atoms. The van der Waals surface area contributed by atoms with Crippen LogP contribution in [-0.4, -0.2) is 45.3 Å². The number of aromatic amines is 1. The van der Waals surface area contributed by atoms with Gasteiger partial charge in [0.2, 0.25) is 0 Å². The molecule has 0 radical (unpaired) electrons. The first-order valence-electron chi connectivity index (χ1n) is 21.1. The molecule has 308 valence electrons. The summed E-state index contributed by atoms with van der Waals surface area (Å²) in [6, 6.07) is 32.8. The molecule has 4 aromatic carbocycles. The summed E-state index contributed by atoms with van der Waals surface area (Å²) in [6.45, 7) is 13.3. The molecule has 0 atom stereocenters. The molecular formula is C53H52N4O4. The molecule has 0 amide bonds. The van der Waals surface area contributed by atoms with Crippen LogP contribution in [0.2, 0.25) is 0 Å². The van der Waals surface area contributed by atoms with Gasteiger partial charge in [-0.1, -0.05) is 94.4 Å². The van der Waals surface area contributed by atoms with Crippen molar-refractivity contribution in [2.24, 2.45) is 10.8 Å². The molecule has 0 saturated carbocycles. The topological polar surface area (TPSA) is 99.1 Å². The average molecular weight is 809 g/mol. The number of carbonyl (C=O) groups excluding carboxylic acids is 2. The number of rotatable bonds is 8. The smallest absolute Gasteiger partial charge is 0.165 e. The molecule has 2 aliphatic carbocycles. The Morgan fingerprint density at radius 1 is 0.656 bits per heavy atom. The molecule has 4 heterocycles. The molecule has 8 aromatic rings. The number of allylic oxidation sites excluding steroid dienone is 1. The van der Waals surface area contributed by atoms with E-state index in [-0.39, 0.29) is 22.4 Å². The highest BCUT2D eigenvalue weighted by atomic mass is 16.5. The Morgan fingerprint density at radius 2 is 1.16 bits per heavy atom. The Hall–Kier alpha value is -6.54. The van der Waals surface area contributed by atoms with Crippen molar-refractivity contribution in [2.75, 3.05) is 14.2 Å². The lowest BCUT2D eigenvalue weighted by atomic mass is 9.74. The van der Waals surface area contributed by atoms with E-state index in [4.69, 9.17) is 19.4 Å². The maximum absolute atomic E-state index is 13.4. The Morgan fingerprint density at radius 3 is 1.74 bits per heavy atom. The Kier molecular flexibility index (Phi) is 10.1. The molecule has 0 aliphatic heterocycles. The first kappa shape index (κ1) is 39.9. The monoisotopic (exact) mass is 808 g/mol. The van der Waals surface area contributed by atoms with Crippen molar-refractivity contribution in [3.8, 4) is 11.5 Å². The van der Waals surface area contributed by atoms with Gasteiger partial charge in [0.1, 0.15) is 11.5 Å². The van der Waals surface area contributed by atoms with E-state index in [2.05, 4.69) is 98.4 Å². The summed E-state index contributed by atoms with van der Waals surface area (Å²) in [7, 11) is 3.35. The highest BCUT2D eigenvalue weighted by Gasteiger charge is 2.36. The van der Waals surface area contributed by atoms with Crippen LogP contribution in [0.1, 0.15) is 95.2 Å². The molecule has 8 nitrogen and oxygen atoms in total. The summed E-state index contributed by atoms with van der Waals surface area (Å²) in [5, 5.41) is 4.31. The van der Waals surface area contributed by atoms with E-state index in [1.165, 1.54) is 5.56 Å². The summed E-state index contributed by atoms with van der Waals surface area (Å²) < 4.78 is 12.9. The van der Waals surface area contributed by atoms with E-state index >= 15 is 0 Å². The number of ketones is 2. The third-order valence-electron chi connectivity index (χ3n) is 12.4. The fourth-order valence-electron chi connectivity index (χ4n) is 9.69. The van der Waals surface area contributed by atoms with Gasteiger partial charge >= 0.3 is 0 Å². The second-order valence-corrected chi connectivity index (χ2v) is 18.3. The van der Waals surface area contributed by atoms with Crippen molar-refractivity contribution in [2.45, 2.75) is 72.8 Å². The van der Waals surface area contributed by atoms with Gasteiger partial charge in [-0.2, -0.15) is 0 Å². The molecule has 0 saturated heterocycles. The van der Waals surface area contributed by atoms with Crippen molar-refractivity contribution in [3.63, 3.8) is 0 Å². The van der Waals surface area contributed by atoms with Gasteiger partial charge in [-0.15, -0.1) is 6.58 Å². The fraction of sp³-hybridized carbons (Fsp3) is 0.283. The van der Waals surface area contributed by atoms with E-state index in [1.807, 2.05) is 48.5 Å². The molecular weight excluding hydrogens is 757 g/mol. The standard InChI is InChI=1S/C28H28N2O2.C25H24N2O2/c1-5-14-30-23-9-7-6-8-20(23)25-26-22(16-28(2,3)17-24(26)31)29-21(27(25)30)15-18-10-12-19(32-4)13-11-18;1-25(2)13-20-23(21(28)14-25)22-17-6-4-5-7-18(17)27-24(22)19(26-20)12-15-8-10-16(29-3)11-9-15/h5-13H,1,14-17H2,2-4H3;4-11,27H,12-14H2,1-3H3. The molecule has 10 rings (SSSR count). The van der Waals surface area contributed by atoms with Crippen molar-refractivity contribution < 1.29 is 19.1 Å². The number of hydrogen-bond acceptors (Lipinski definition) is 6. The zero-order valence-corrected chi connectivity index (χ0v) is 35.9. The number of nitrogens with zero attached hydrogens (tertiary/aromatic N) is 3. The SMILES string of the molecule is C=CCn1c2ccccc2c2c3c(nc(Cc4ccc(OC)cc4)c21)CC(C)(C)CC3=O.COc1ccc(Cc2nc3c(c4c2[nH]c2ccccc24)C(=O)CC(C)(C)C3)cc1. The van der Waals surface area contributed by atoms with Gasteiger partial charge in [0.05, 0.1) is 48.0 Å². The second kappa shape index (κ2) is 15.5. The van der Waals surface area contributed by atoms with Crippen molar-refractivity contribution in [1.29, 1.82) is 0 Å². The number of benzene rings is 4. The molecule has 0 fully saturated rings. The van der Waals surface area contributed by atoms with Crippen LogP contribution in [0.5, 0.6) is 11.5 Å². The Balaban J connectivity index is 0.000000157. The van der Waals surface area contributed by atoms with Gasteiger partial charge < -0.3 is 19.0 Å². The molecule has 0 bridgehead atoms. The largest absolute Gasteiger partial charge is 0.497 e. The maximum Gasteiger partial charge on any atom is 0.165 e. The number of aromatic nitrogens is 4. The Labute approximate surface area is 356 Å². The number of fused-ring (bicyclic) bond motifs is 10. The Bertz CT molecular complexity index is 3020. The van der Waals surface area contributed by atoms with Crippen LogP contribution in [0.25, 0.3) is 43.6 Å². The number of hydrogen-bond donors (Lipinski definition) is 1. The summed E-state index contributed by atoms with van der Waals surface area (Å²) in [4.78, 5) is 40.2. The van der Waals surface area contributed by atoms with Crippen molar-refractivity contribution in [1.82, 2.24) is 19.5 Å². The van der Waals surface area contributed by atoms with Gasteiger partial charge in [-0.25, -0.2) is 0 Å². The van der Waals surface area contributed by atoms with Gasteiger partial charge in [0, 0.05) is 75.9 Å². The van der Waals surface area contributed by atoms with Crippen molar-refractivity contribution >= 4 is 55.2 Å². The lowest BCUT2D eigenvalue weighted by molar-refractivity contribution is 0.0902. The third kappa shape index (κ3) is 7.38. The van der Waals surface area contributed by atoms with Gasteiger partial charge in [0.15, 0.2) is 11.6 Å². The first-order chi connectivity index (χ1) is 29.4. The predicted molar refractivity (Wildman–Crippen MR) is 246 cm³/mol. The second-order valence-electron chi connectivity index (χ2n) is 18.3. The maximum atomic E-state index is 13.4. The van der Waals surface area contributed by atoms with Crippen molar-refractivity contribution in [3.05, 3.63) is 155 Å². The number of ether oxygens (including phenoxy) is 2. The summed E-state index contributed by atoms with van der Waals surface area (Å²) in [5.41, 5.74) is 11.9. The van der Waals surface area contributed by atoms with E-state index in [9.17, 15) is 9.59 Å². The molecule has 2 aliphatic rings. The van der Waals surface area contributed by atoms with Crippen LogP contribution in [0.4, 0.5) is 0 Å². The zero-order chi connectivity index (χ0) is 42.6. The van der Waals surface area contributed by atoms with Gasteiger partial charge in [0.25, 0.3) is 0 Å². The molecule has 1 N–H and O–H groups in total. The molecule has 8 heteroatoms.